The van der Waals surface area contributed by atoms with Crippen LogP contribution in [0.3, 0.4) is 0 Å². The second-order valence-corrected chi connectivity index (χ2v) is 3.90. The molecule has 0 saturated heterocycles. The number of ether oxygens (including phenoxy) is 1. The molecule has 6 nitrogen and oxygen atoms in total. The Morgan fingerprint density at radius 3 is 3.00 bits per heavy atom. The number of aryl methyl sites for hydroxylation is 1. The highest BCUT2D eigenvalue weighted by atomic mass is 16.5. The van der Waals surface area contributed by atoms with Crippen LogP contribution in [-0.4, -0.2) is 59.1 Å². The fourth-order valence-corrected chi connectivity index (χ4v) is 1.50. The predicted octanol–water partition coefficient (Wildman–Crippen LogP) is -0.261. The number of methoxy groups -OCH3 is 1. The van der Waals surface area contributed by atoms with Gasteiger partial charge in [-0.3, -0.25) is 9.48 Å². The number of likely N-dealkylation sites (N-methyl/N-ethyl adjacent to an activating group) is 1. The van der Waals surface area contributed by atoms with E-state index in [0.717, 1.165) is 0 Å². The Morgan fingerprint density at radius 1 is 1.65 bits per heavy atom. The van der Waals surface area contributed by atoms with Crippen molar-refractivity contribution in [3.63, 3.8) is 0 Å². The van der Waals surface area contributed by atoms with Gasteiger partial charge in [-0.25, -0.2) is 0 Å². The number of hydrogen-bond acceptors (Lipinski definition) is 4. The summed E-state index contributed by atoms with van der Waals surface area (Å²) in [5.74, 6) is -0.0179. The van der Waals surface area contributed by atoms with Crippen LogP contribution in [0, 0.1) is 0 Å². The van der Waals surface area contributed by atoms with Gasteiger partial charge in [0.2, 0.25) is 5.91 Å². The maximum absolute atomic E-state index is 11.7. The van der Waals surface area contributed by atoms with Gasteiger partial charge in [0.15, 0.2) is 0 Å². The molecule has 1 heterocycles. The second kappa shape index (κ2) is 7.03. The number of nitrogens with zero attached hydrogens (tertiary/aromatic N) is 3. The Bertz CT molecular complexity index is 327. The summed E-state index contributed by atoms with van der Waals surface area (Å²) in [6.07, 6.45) is 3.22. The Hall–Kier alpha value is -1.40. The van der Waals surface area contributed by atoms with Gasteiger partial charge < -0.3 is 14.7 Å². The minimum absolute atomic E-state index is 0.0179. The Kier molecular flexibility index (Phi) is 5.65. The molecule has 0 aliphatic carbocycles. The van der Waals surface area contributed by atoms with Gasteiger partial charge in [0.1, 0.15) is 0 Å². The summed E-state index contributed by atoms with van der Waals surface area (Å²) in [6.45, 7) is 1.07. The van der Waals surface area contributed by atoms with Crippen molar-refractivity contribution in [1.82, 2.24) is 14.7 Å². The standard InChI is InChI=1S/C11H19N3O3/c1-13(8-10(15)9-17-2)11(16)4-7-14-6-3-5-12-14/h3,5-6,10,15H,4,7-9H2,1-2H3. The lowest BCUT2D eigenvalue weighted by atomic mass is 10.3. The average molecular weight is 241 g/mol. The predicted molar refractivity (Wildman–Crippen MR) is 62.4 cm³/mol. The monoisotopic (exact) mass is 241 g/mol. The Morgan fingerprint density at radius 2 is 2.41 bits per heavy atom. The molecule has 0 saturated carbocycles. The molecule has 0 spiro atoms. The molecule has 17 heavy (non-hydrogen) atoms. The highest BCUT2D eigenvalue weighted by molar-refractivity contribution is 5.75. The van der Waals surface area contributed by atoms with Crippen LogP contribution in [0.5, 0.6) is 0 Å². The minimum Gasteiger partial charge on any atom is -0.389 e. The maximum atomic E-state index is 11.7. The van der Waals surface area contributed by atoms with Gasteiger partial charge in [0, 0.05) is 46.1 Å². The van der Waals surface area contributed by atoms with Crippen LogP contribution < -0.4 is 0 Å². The molecule has 1 amide bonds. The molecule has 1 atom stereocenters. The highest BCUT2D eigenvalue weighted by Crippen LogP contribution is 1.97. The van der Waals surface area contributed by atoms with E-state index in [9.17, 15) is 9.90 Å². The van der Waals surface area contributed by atoms with E-state index in [4.69, 9.17) is 4.74 Å². The molecule has 0 aliphatic rings. The maximum Gasteiger partial charge on any atom is 0.224 e. The smallest absolute Gasteiger partial charge is 0.224 e. The number of aliphatic hydroxyl groups excluding tert-OH is 1. The third-order valence-electron chi connectivity index (χ3n) is 2.38. The van der Waals surface area contributed by atoms with Crippen molar-refractivity contribution in [1.29, 1.82) is 0 Å². The molecule has 1 aromatic heterocycles. The Labute approximate surface area is 101 Å². The van der Waals surface area contributed by atoms with Crippen molar-refractivity contribution in [3.05, 3.63) is 18.5 Å². The number of aliphatic hydroxyl groups is 1. The van der Waals surface area contributed by atoms with Crippen molar-refractivity contribution >= 4 is 5.91 Å². The van der Waals surface area contributed by atoms with Gasteiger partial charge in [0.05, 0.1) is 12.7 Å². The lowest BCUT2D eigenvalue weighted by Crippen LogP contribution is -2.36. The van der Waals surface area contributed by atoms with Crippen molar-refractivity contribution in [2.45, 2.75) is 19.1 Å². The van der Waals surface area contributed by atoms with Crippen LogP contribution in [0.15, 0.2) is 18.5 Å². The molecular weight excluding hydrogens is 222 g/mol. The summed E-state index contributed by atoms with van der Waals surface area (Å²) in [7, 11) is 3.19. The zero-order valence-corrected chi connectivity index (χ0v) is 10.2. The first-order valence-electron chi connectivity index (χ1n) is 5.52. The summed E-state index contributed by atoms with van der Waals surface area (Å²) in [6, 6.07) is 1.82. The molecule has 1 rings (SSSR count). The summed E-state index contributed by atoms with van der Waals surface area (Å²) >= 11 is 0. The van der Waals surface area contributed by atoms with E-state index in [-0.39, 0.29) is 19.1 Å². The van der Waals surface area contributed by atoms with Crippen molar-refractivity contribution in [2.75, 3.05) is 27.3 Å². The summed E-state index contributed by atoms with van der Waals surface area (Å²) < 4.78 is 6.51. The normalized spacial score (nSPS) is 12.4. The zero-order valence-electron chi connectivity index (χ0n) is 10.2. The lowest BCUT2D eigenvalue weighted by molar-refractivity contribution is -0.131. The third kappa shape index (κ3) is 4.97. The van der Waals surface area contributed by atoms with Crippen LogP contribution >= 0.6 is 0 Å². The van der Waals surface area contributed by atoms with Gasteiger partial charge >= 0.3 is 0 Å². The van der Waals surface area contributed by atoms with Crippen LogP contribution in [-0.2, 0) is 16.1 Å². The fraction of sp³-hybridized carbons (Fsp3) is 0.636. The third-order valence-corrected chi connectivity index (χ3v) is 2.38. The number of carbonyl (C=O) groups excluding carboxylic acids is 1. The van der Waals surface area contributed by atoms with Gasteiger partial charge in [-0.2, -0.15) is 5.10 Å². The topological polar surface area (TPSA) is 67.6 Å². The molecule has 0 radical (unpaired) electrons. The van der Waals surface area contributed by atoms with Gasteiger partial charge in [-0.15, -0.1) is 0 Å². The largest absolute Gasteiger partial charge is 0.389 e. The first-order chi connectivity index (χ1) is 8.13. The fourth-order valence-electron chi connectivity index (χ4n) is 1.50. The molecule has 1 aromatic rings. The minimum atomic E-state index is -0.640. The van der Waals surface area contributed by atoms with Gasteiger partial charge in [-0.05, 0) is 6.07 Å². The summed E-state index contributed by atoms with van der Waals surface area (Å²) in [4.78, 5) is 13.2. The molecule has 0 aliphatic heterocycles. The SMILES string of the molecule is COCC(O)CN(C)C(=O)CCn1cccn1. The van der Waals surface area contributed by atoms with Gasteiger partial charge in [0.25, 0.3) is 0 Å². The molecule has 1 N–H and O–H groups in total. The van der Waals surface area contributed by atoms with E-state index in [1.165, 1.54) is 12.0 Å². The molecule has 6 heteroatoms. The van der Waals surface area contributed by atoms with E-state index in [1.807, 2.05) is 12.3 Å². The first kappa shape index (κ1) is 13.7. The number of amides is 1. The van der Waals surface area contributed by atoms with Crippen LogP contribution in [0.1, 0.15) is 6.42 Å². The van der Waals surface area contributed by atoms with E-state index in [1.54, 1.807) is 17.9 Å². The number of aromatic nitrogens is 2. The summed E-state index contributed by atoms with van der Waals surface area (Å²) in [5.41, 5.74) is 0. The van der Waals surface area contributed by atoms with Crippen LogP contribution in [0.2, 0.25) is 0 Å². The summed E-state index contributed by atoms with van der Waals surface area (Å²) in [5, 5.41) is 13.5. The van der Waals surface area contributed by atoms with Crippen LogP contribution in [0.4, 0.5) is 0 Å². The van der Waals surface area contributed by atoms with E-state index >= 15 is 0 Å². The van der Waals surface area contributed by atoms with Crippen molar-refractivity contribution < 1.29 is 14.6 Å². The molecule has 1 unspecified atom stereocenters. The van der Waals surface area contributed by atoms with Crippen LogP contribution in [0.25, 0.3) is 0 Å². The molecule has 0 aromatic carbocycles. The van der Waals surface area contributed by atoms with E-state index in [2.05, 4.69) is 5.10 Å². The van der Waals surface area contributed by atoms with Gasteiger partial charge in [-0.1, -0.05) is 0 Å². The molecular formula is C11H19N3O3. The molecule has 96 valence electrons. The van der Waals surface area contributed by atoms with Crippen molar-refractivity contribution in [3.8, 4) is 0 Å². The van der Waals surface area contributed by atoms with E-state index in [0.29, 0.717) is 13.0 Å². The zero-order chi connectivity index (χ0) is 12.7. The number of carbonyl (C=O) groups is 1. The second-order valence-electron chi connectivity index (χ2n) is 3.90. The van der Waals surface area contributed by atoms with Crippen molar-refractivity contribution in [2.24, 2.45) is 0 Å². The van der Waals surface area contributed by atoms with E-state index < -0.39 is 6.10 Å². The highest BCUT2D eigenvalue weighted by Gasteiger charge is 2.13. The quantitative estimate of drug-likeness (QED) is 0.714. The lowest BCUT2D eigenvalue weighted by Gasteiger charge is -2.20. The Balaban J connectivity index is 2.27. The number of hydrogen-bond donors (Lipinski definition) is 1. The molecule has 0 bridgehead atoms. The number of rotatable bonds is 7. The molecule has 0 fully saturated rings. The first-order valence-corrected chi connectivity index (χ1v) is 5.52. The average Bonchev–Trinajstić information content (AvgIpc) is 2.78.